The first-order valence-electron chi connectivity index (χ1n) is 8.82. The van der Waals surface area contributed by atoms with Crippen molar-refractivity contribution in [2.24, 2.45) is 0 Å². The quantitative estimate of drug-likeness (QED) is 0.600. The van der Waals surface area contributed by atoms with Gasteiger partial charge in [-0.1, -0.05) is 71.9 Å². The van der Waals surface area contributed by atoms with Gasteiger partial charge in [0.05, 0.1) is 11.4 Å². The van der Waals surface area contributed by atoms with Crippen LogP contribution in [-0.4, -0.2) is 26.0 Å². The summed E-state index contributed by atoms with van der Waals surface area (Å²) in [6.07, 6.45) is -0.736. The maximum absolute atomic E-state index is 13.0. The van der Waals surface area contributed by atoms with Crippen molar-refractivity contribution >= 4 is 16.9 Å². The molecule has 0 amide bonds. The molecule has 4 aromatic rings. The van der Waals surface area contributed by atoms with Crippen molar-refractivity contribution < 1.29 is 9.90 Å². The first kappa shape index (κ1) is 17.1. The highest BCUT2D eigenvalue weighted by Gasteiger charge is 2.21. The van der Waals surface area contributed by atoms with Gasteiger partial charge >= 0.3 is 0 Å². The Bertz CT molecular complexity index is 1090. The van der Waals surface area contributed by atoms with Crippen LogP contribution in [0.4, 0.5) is 0 Å². The Morgan fingerprint density at radius 2 is 1.56 bits per heavy atom. The number of carbonyl (C=O) groups excluding carboxylic acids is 1. The van der Waals surface area contributed by atoms with E-state index in [1.165, 1.54) is 4.68 Å². The molecule has 0 saturated heterocycles. The van der Waals surface area contributed by atoms with Crippen LogP contribution in [0.3, 0.4) is 0 Å². The zero-order valence-corrected chi connectivity index (χ0v) is 14.9. The highest BCUT2D eigenvalue weighted by atomic mass is 16.3. The molecular weight excluding hydrogens is 338 g/mol. The van der Waals surface area contributed by atoms with Gasteiger partial charge < -0.3 is 5.11 Å². The first-order valence-corrected chi connectivity index (χ1v) is 8.82. The lowest BCUT2D eigenvalue weighted by atomic mass is 9.94. The minimum atomic E-state index is -0.736. The van der Waals surface area contributed by atoms with Crippen LogP contribution in [0.15, 0.2) is 78.9 Å². The lowest BCUT2D eigenvalue weighted by molar-refractivity contribution is 0.0871. The zero-order chi connectivity index (χ0) is 18.8. The summed E-state index contributed by atoms with van der Waals surface area (Å²) in [5.74, 6) is -0.576. The van der Waals surface area contributed by atoms with Crippen LogP contribution in [0.25, 0.3) is 11.0 Å². The second-order valence-electron chi connectivity index (χ2n) is 6.53. The third-order valence-electron chi connectivity index (χ3n) is 4.77. The normalized spacial score (nSPS) is 13.4. The lowest BCUT2D eigenvalue weighted by Crippen LogP contribution is -2.19. The van der Waals surface area contributed by atoms with Gasteiger partial charge in [0.25, 0.3) is 5.91 Å². The van der Waals surface area contributed by atoms with Crippen molar-refractivity contribution in [1.29, 1.82) is 0 Å². The molecule has 1 N–H and O–H groups in total. The molecule has 0 bridgehead atoms. The van der Waals surface area contributed by atoms with Gasteiger partial charge in [0, 0.05) is 0 Å². The zero-order valence-electron chi connectivity index (χ0n) is 14.9. The van der Waals surface area contributed by atoms with E-state index in [9.17, 15) is 9.90 Å². The second-order valence-corrected chi connectivity index (χ2v) is 6.53. The average Bonchev–Trinajstić information content (AvgIpc) is 3.17. The Morgan fingerprint density at radius 3 is 2.37 bits per heavy atom. The van der Waals surface area contributed by atoms with E-state index in [-0.39, 0.29) is 5.91 Å². The number of hydrogen-bond donors (Lipinski definition) is 1. The molecule has 2 unspecified atom stereocenters. The Kier molecular flexibility index (Phi) is 4.52. The Labute approximate surface area is 156 Å². The van der Waals surface area contributed by atoms with E-state index in [2.05, 4.69) is 10.3 Å². The number of aromatic nitrogens is 3. The molecule has 0 aliphatic rings. The van der Waals surface area contributed by atoms with E-state index in [4.69, 9.17) is 0 Å². The van der Waals surface area contributed by atoms with E-state index in [1.54, 1.807) is 0 Å². The third kappa shape index (κ3) is 3.25. The number of aliphatic hydroxyl groups excluding tert-OH is 1. The number of nitrogens with zero attached hydrogens (tertiary/aromatic N) is 3. The number of carbonyl (C=O) groups is 1. The minimum absolute atomic E-state index is 0.157. The third-order valence-corrected chi connectivity index (χ3v) is 4.77. The molecule has 2 atom stereocenters. The molecule has 0 aliphatic heterocycles. The highest BCUT2D eigenvalue weighted by molar-refractivity contribution is 5.92. The van der Waals surface area contributed by atoms with Crippen molar-refractivity contribution in [3.63, 3.8) is 0 Å². The van der Waals surface area contributed by atoms with Gasteiger partial charge in [0.2, 0.25) is 0 Å². The summed E-state index contributed by atoms with van der Waals surface area (Å²) in [7, 11) is 0. The number of hydrogen-bond acceptors (Lipinski definition) is 4. The molecule has 0 saturated carbocycles. The predicted molar refractivity (Wildman–Crippen MR) is 104 cm³/mol. The summed E-state index contributed by atoms with van der Waals surface area (Å²) in [6.45, 7) is 1.84. The minimum Gasteiger partial charge on any atom is -0.384 e. The van der Waals surface area contributed by atoms with Crippen LogP contribution in [0, 0.1) is 0 Å². The average molecular weight is 357 g/mol. The maximum atomic E-state index is 13.0. The van der Waals surface area contributed by atoms with Gasteiger partial charge in [-0.2, -0.15) is 4.68 Å². The molecule has 5 heteroatoms. The van der Waals surface area contributed by atoms with Crippen LogP contribution in [0.5, 0.6) is 0 Å². The largest absolute Gasteiger partial charge is 0.384 e. The molecule has 3 aromatic carbocycles. The fraction of sp³-hybridized carbons (Fsp3) is 0.136. The fourth-order valence-corrected chi connectivity index (χ4v) is 3.18. The van der Waals surface area contributed by atoms with Crippen LogP contribution in [-0.2, 0) is 0 Å². The summed E-state index contributed by atoms with van der Waals surface area (Å²) < 4.78 is 1.35. The summed E-state index contributed by atoms with van der Waals surface area (Å²) in [4.78, 5) is 13.0. The molecular formula is C22H19N3O2. The van der Waals surface area contributed by atoms with Gasteiger partial charge in [-0.3, -0.25) is 4.79 Å². The number of fused-ring (bicyclic) bond motifs is 1. The van der Waals surface area contributed by atoms with Gasteiger partial charge in [0.1, 0.15) is 11.6 Å². The van der Waals surface area contributed by atoms with Crippen LogP contribution < -0.4 is 0 Å². The number of aliphatic hydroxyl groups is 1. The van der Waals surface area contributed by atoms with Crippen molar-refractivity contribution in [3.8, 4) is 0 Å². The first-order chi connectivity index (χ1) is 13.1. The number of para-hydroxylation sites is 1. The molecule has 1 aromatic heterocycles. The summed E-state index contributed by atoms with van der Waals surface area (Å²) in [6, 6.07) is 24.3. The van der Waals surface area contributed by atoms with Crippen molar-refractivity contribution in [2.45, 2.75) is 18.9 Å². The SMILES string of the molecule is CC(C(=O)n1nnc2ccccc21)c1cccc(C(O)c2ccccc2)c1. The Balaban J connectivity index is 1.64. The smallest absolute Gasteiger partial charge is 0.256 e. The van der Waals surface area contributed by atoms with Gasteiger partial charge in [-0.25, -0.2) is 0 Å². The molecule has 5 nitrogen and oxygen atoms in total. The summed E-state index contributed by atoms with van der Waals surface area (Å²) in [5.41, 5.74) is 3.77. The van der Waals surface area contributed by atoms with Gasteiger partial charge in [-0.15, -0.1) is 5.10 Å². The second kappa shape index (κ2) is 7.13. The van der Waals surface area contributed by atoms with Crippen LogP contribution in [0.1, 0.15) is 40.4 Å². The van der Waals surface area contributed by atoms with Gasteiger partial charge in [-0.05, 0) is 35.7 Å². The topological polar surface area (TPSA) is 68.0 Å². The molecule has 0 radical (unpaired) electrons. The molecule has 0 aliphatic carbocycles. The molecule has 27 heavy (non-hydrogen) atoms. The van der Waals surface area contributed by atoms with Gasteiger partial charge in [0.15, 0.2) is 0 Å². The molecule has 0 spiro atoms. The molecule has 0 fully saturated rings. The van der Waals surface area contributed by atoms with Crippen LogP contribution in [0.2, 0.25) is 0 Å². The molecule has 1 heterocycles. The van der Waals surface area contributed by atoms with E-state index in [0.29, 0.717) is 11.0 Å². The van der Waals surface area contributed by atoms with E-state index < -0.39 is 12.0 Å². The fourth-order valence-electron chi connectivity index (χ4n) is 3.18. The van der Waals surface area contributed by atoms with Crippen molar-refractivity contribution in [1.82, 2.24) is 15.0 Å². The number of benzene rings is 3. The monoisotopic (exact) mass is 357 g/mol. The van der Waals surface area contributed by atoms with Crippen molar-refractivity contribution in [2.75, 3.05) is 0 Å². The predicted octanol–water partition coefficient (Wildman–Crippen LogP) is 3.96. The Hall–Kier alpha value is -3.31. The number of rotatable bonds is 4. The maximum Gasteiger partial charge on any atom is 0.256 e. The summed E-state index contributed by atoms with van der Waals surface area (Å²) >= 11 is 0. The lowest BCUT2D eigenvalue weighted by Gasteiger charge is -2.15. The van der Waals surface area contributed by atoms with Crippen LogP contribution >= 0.6 is 0 Å². The van der Waals surface area contributed by atoms with Crippen molar-refractivity contribution in [3.05, 3.63) is 95.6 Å². The summed E-state index contributed by atoms with van der Waals surface area (Å²) in [5, 5.41) is 18.7. The highest BCUT2D eigenvalue weighted by Crippen LogP contribution is 2.26. The van der Waals surface area contributed by atoms with E-state index in [0.717, 1.165) is 16.7 Å². The standard InChI is InChI=1S/C22H19N3O2/c1-15(22(27)25-20-13-6-5-12-19(20)23-24-25)17-10-7-11-18(14-17)21(26)16-8-3-2-4-9-16/h2-15,21,26H,1H3. The van der Waals surface area contributed by atoms with E-state index in [1.807, 2.05) is 85.8 Å². The molecule has 4 rings (SSSR count). The Morgan fingerprint density at radius 1 is 0.889 bits per heavy atom. The van der Waals surface area contributed by atoms with E-state index >= 15 is 0 Å². The molecule has 134 valence electrons.